The van der Waals surface area contributed by atoms with Crippen molar-refractivity contribution in [2.45, 2.75) is 32.7 Å². The zero-order chi connectivity index (χ0) is 16.9. The van der Waals surface area contributed by atoms with Crippen molar-refractivity contribution in [3.05, 3.63) is 57.9 Å². The molecule has 3 rings (SSSR count). The van der Waals surface area contributed by atoms with E-state index in [9.17, 15) is 4.79 Å². The maximum absolute atomic E-state index is 12.2. The Labute approximate surface area is 144 Å². The van der Waals surface area contributed by atoms with Gasteiger partial charge < -0.3 is 9.84 Å². The topological polar surface area (TPSA) is 73.0 Å². The summed E-state index contributed by atoms with van der Waals surface area (Å²) in [6.45, 7) is 4.28. The fraction of sp³-hybridized carbons (Fsp3) is 0.353. The van der Waals surface area contributed by atoms with Crippen LogP contribution >= 0.6 is 11.3 Å². The van der Waals surface area contributed by atoms with Crippen LogP contribution in [0.3, 0.4) is 0 Å². The molecule has 3 heterocycles. The Bertz CT molecular complexity index is 724. The first-order valence-corrected chi connectivity index (χ1v) is 8.79. The molecule has 0 saturated heterocycles. The second-order valence-electron chi connectivity index (χ2n) is 5.67. The summed E-state index contributed by atoms with van der Waals surface area (Å²) in [5.41, 5.74) is 3.02. The smallest absolute Gasteiger partial charge is 0.220 e. The van der Waals surface area contributed by atoms with Crippen LogP contribution in [0, 0.1) is 13.8 Å². The SMILES string of the molecule is Cc1noc(C)c1CCC(=O)NCC(c1ccsc1)n1cccn1. The number of nitrogens with zero attached hydrogens (tertiary/aromatic N) is 3. The molecule has 1 N–H and O–H groups in total. The van der Waals surface area contributed by atoms with Crippen molar-refractivity contribution < 1.29 is 9.32 Å². The summed E-state index contributed by atoms with van der Waals surface area (Å²) in [5, 5.41) is 15.4. The maximum Gasteiger partial charge on any atom is 0.220 e. The zero-order valence-corrected chi connectivity index (χ0v) is 14.5. The van der Waals surface area contributed by atoms with E-state index < -0.39 is 0 Å². The van der Waals surface area contributed by atoms with Gasteiger partial charge in [-0.2, -0.15) is 16.4 Å². The molecule has 0 aliphatic rings. The lowest BCUT2D eigenvalue weighted by Crippen LogP contribution is -2.31. The van der Waals surface area contributed by atoms with Gasteiger partial charge in [0.2, 0.25) is 5.91 Å². The Balaban J connectivity index is 1.58. The van der Waals surface area contributed by atoms with Gasteiger partial charge in [0.05, 0.1) is 11.7 Å². The molecule has 3 aromatic heterocycles. The van der Waals surface area contributed by atoms with Gasteiger partial charge in [0, 0.05) is 30.9 Å². The normalized spacial score (nSPS) is 12.2. The molecule has 0 fully saturated rings. The third-order valence-corrected chi connectivity index (χ3v) is 4.75. The van der Waals surface area contributed by atoms with Crippen LogP contribution in [0.15, 0.2) is 39.8 Å². The van der Waals surface area contributed by atoms with E-state index in [1.807, 2.05) is 36.2 Å². The minimum atomic E-state index is 0.00858. The lowest BCUT2D eigenvalue weighted by atomic mass is 10.1. The molecule has 0 aromatic carbocycles. The van der Waals surface area contributed by atoms with E-state index in [4.69, 9.17) is 4.52 Å². The van der Waals surface area contributed by atoms with Gasteiger partial charge in [0.1, 0.15) is 5.76 Å². The maximum atomic E-state index is 12.2. The Morgan fingerprint density at radius 3 is 2.96 bits per heavy atom. The third kappa shape index (κ3) is 3.73. The summed E-state index contributed by atoms with van der Waals surface area (Å²) >= 11 is 1.64. The van der Waals surface area contributed by atoms with Crippen molar-refractivity contribution in [1.29, 1.82) is 0 Å². The number of carbonyl (C=O) groups excluding carboxylic acids is 1. The number of hydrogen-bond donors (Lipinski definition) is 1. The summed E-state index contributed by atoms with van der Waals surface area (Å²) in [7, 11) is 0. The van der Waals surface area contributed by atoms with E-state index in [-0.39, 0.29) is 11.9 Å². The zero-order valence-electron chi connectivity index (χ0n) is 13.7. The van der Waals surface area contributed by atoms with Crippen molar-refractivity contribution in [2.75, 3.05) is 6.54 Å². The van der Waals surface area contributed by atoms with Crippen LogP contribution in [-0.2, 0) is 11.2 Å². The highest BCUT2D eigenvalue weighted by molar-refractivity contribution is 7.07. The molecule has 0 aliphatic heterocycles. The number of aryl methyl sites for hydroxylation is 2. The standard InChI is InChI=1S/C17H20N4O2S/c1-12-15(13(2)23-20-12)4-5-17(22)18-10-16(14-6-9-24-11-14)21-8-3-7-19-21/h3,6-9,11,16H,4-5,10H2,1-2H3,(H,18,22). The van der Waals surface area contributed by atoms with Crippen molar-refractivity contribution in [1.82, 2.24) is 20.3 Å². The van der Waals surface area contributed by atoms with Crippen LogP contribution in [0.2, 0.25) is 0 Å². The first kappa shape index (κ1) is 16.4. The van der Waals surface area contributed by atoms with Crippen LogP contribution in [0.25, 0.3) is 0 Å². The highest BCUT2D eigenvalue weighted by Crippen LogP contribution is 2.20. The highest BCUT2D eigenvalue weighted by atomic mass is 32.1. The molecule has 0 saturated carbocycles. The number of rotatable bonds is 7. The van der Waals surface area contributed by atoms with E-state index in [0.29, 0.717) is 19.4 Å². The first-order chi connectivity index (χ1) is 11.6. The van der Waals surface area contributed by atoms with E-state index in [2.05, 4.69) is 27.0 Å². The lowest BCUT2D eigenvalue weighted by Gasteiger charge is -2.17. The van der Waals surface area contributed by atoms with Crippen LogP contribution in [0.1, 0.15) is 35.0 Å². The second kappa shape index (κ2) is 7.44. The van der Waals surface area contributed by atoms with Gasteiger partial charge in [-0.3, -0.25) is 9.48 Å². The predicted octanol–water partition coefficient (Wildman–Crippen LogP) is 2.89. The molecule has 7 heteroatoms. The van der Waals surface area contributed by atoms with Crippen molar-refractivity contribution >= 4 is 17.2 Å². The van der Waals surface area contributed by atoms with Gasteiger partial charge in [-0.25, -0.2) is 0 Å². The highest BCUT2D eigenvalue weighted by Gasteiger charge is 2.16. The number of aromatic nitrogens is 3. The van der Waals surface area contributed by atoms with E-state index in [0.717, 1.165) is 22.6 Å². The average Bonchev–Trinajstić information content (AvgIpc) is 3.31. The molecule has 0 bridgehead atoms. The summed E-state index contributed by atoms with van der Waals surface area (Å²) in [4.78, 5) is 12.2. The molecule has 24 heavy (non-hydrogen) atoms. The fourth-order valence-corrected chi connectivity index (χ4v) is 3.40. The number of thiophene rings is 1. The molecule has 1 amide bonds. The van der Waals surface area contributed by atoms with Gasteiger partial charge >= 0.3 is 0 Å². The van der Waals surface area contributed by atoms with Gasteiger partial charge in [-0.05, 0) is 48.7 Å². The Kier molecular flexibility index (Phi) is 5.10. The first-order valence-electron chi connectivity index (χ1n) is 7.85. The molecule has 3 aromatic rings. The van der Waals surface area contributed by atoms with Crippen molar-refractivity contribution in [3.63, 3.8) is 0 Å². The summed E-state index contributed by atoms with van der Waals surface area (Å²) in [6.07, 6.45) is 4.72. The predicted molar refractivity (Wildman–Crippen MR) is 92.0 cm³/mol. The quantitative estimate of drug-likeness (QED) is 0.715. The van der Waals surface area contributed by atoms with E-state index in [1.165, 1.54) is 0 Å². The monoisotopic (exact) mass is 344 g/mol. The molecule has 6 nitrogen and oxygen atoms in total. The van der Waals surface area contributed by atoms with Crippen LogP contribution in [0.4, 0.5) is 0 Å². The van der Waals surface area contributed by atoms with Crippen LogP contribution in [-0.4, -0.2) is 27.4 Å². The fourth-order valence-electron chi connectivity index (χ4n) is 2.69. The second-order valence-corrected chi connectivity index (χ2v) is 6.45. The van der Waals surface area contributed by atoms with Crippen LogP contribution in [0.5, 0.6) is 0 Å². The van der Waals surface area contributed by atoms with Crippen molar-refractivity contribution in [2.24, 2.45) is 0 Å². The molecule has 0 radical (unpaired) electrons. The number of nitrogens with one attached hydrogen (secondary N) is 1. The summed E-state index contributed by atoms with van der Waals surface area (Å²) in [5.74, 6) is 0.801. The Morgan fingerprint density at radius 1 is 1.46 bits per heavy atom. The van der Waals surface area contributed by atoms with Gasteiger partial charge in [-0.1, -0.05) is 5.16 Å². The molecule has 1 atom stereocenters. The minimum Gasteiger partial charge on any atom is -0.361 e. The molecule has 0 spiro atoms. The lowest BCUT2D eigenvalue weighted by molar-refractivity contribution is -0.121. The third-order valence-electron chi connectivity index (χ3n) is 4.05. The van der Waals surface area contributed by atoms with Gasteiger partial charge in [-0.15, -0.1) is 0 Å². The van der Waals surface area contributed by atoms with Gasteiger partial charge in [0.15, 0.2) is 0 Å². The Morgan fingerprint density at radius 2 is 2.33 bits per heavy atom. The van der Waals surface area contributed by atoms with E-state index in [1.54, 1.807) is 17.5 Å². The van der Waals surface area contributed by atoms with Crippen LogP contribution < -0.4 is 5.32 Å². The van der Waals surface area contributed by atoms with Crippen molar-refractivity contribution in [3.8, 4) is 0 Å². The molecule has 126 valence electrons. The molecular formula is C17H20N4O2S. The Hall–Kier alpha value is -2.41. The molecular weight excluding hydrogens is 324 g/mol. The molecule has 1 unspecified atom stereocenters. The van der Waals surface area contributed by atoms with E-state index >= 15 is 0 Å². The molecule has 0 aliphatic carbocycles. The number of carbonyl (C=O) groups is 1. The minimum absolute atomic E-state index is 0.00858. The number of hydrogen-bond acceptors (Lipinski definition) is 5. The number of amides is 1. The average molecular weight is 344 g/mol. The van der Waals surface area contributed by atoms with Gasteiger partial charge in [0.25, 0.3) is 0 Å². The summed E-state index contributed by atoms with van der Waals surface area (Å²) < 4.78 is 7.00. The summed E-state index contributed by atoms with van der Waals surface area (Å²) in [6, 6.07) is 3.96. The largest absolute Gasteiger partial charge is 0.361 e.